The lowest BCUT2D eigenvalue weighted by molar-refractivity contribution is 0.668. The molecule has 0 unspecified atom stereocenters. The summed E-state index contributed by atoms with van der Waals surface area (Å²) in [5.41, 5.74) is 32.1. The van der Waals surface area contributed by atoms with Gasteiger partial charge >= 0.3 is 0 Å². The van der Waals surface area contributed by atoms with Crippen LogP contribution in [-0.2, 0) is 0 Å². The van der Waals surface area contributed by atoms with E-state index in [0.717, 1.165) is 72.2 Å². The molecule has 0 saturated carbocycles. The molecule has 0 atom stereocenters. The Hall–Kier alpha value is -15.2. The van der Waals surface area contributed by atoms with Crippen LogP contribution in [0.2, 0.25) is 0 Å². The predicted octanol–water partition coefficient (Wildman–Crippen LogP) is 29.6. The summed E-state index contributed by atoms with van der Waals surface area (Å²) in [5.74, 6) is 0. The summed E-state index contributed by atoms with van der Waals surface area (Å²) >= 11 is 0. The van der Waals surface area contributed by atoms with Gasteiger partial charge in [-0.2, -0.15) is 0 Å². The topological polar surface area (TPSA) is 46.0 Å². The van der Waals surface area contributed by atoms with Crippen molar-refractivity contribution in [3.63, 3.8) is 0 Å². The highest BCUT2D eigenvalue weighted by atomic mass is 16.3. The molecule has 24 rings (SSSR count). The normalized spacial score (nSPS) is 11.9. The number of rotatable bonds is 10. The zero-order valence-corrected chi connectivity index (χ0v) is 61.9. The second-order valence-corrected chi connectivity index (χ2v) is 29.8. The maximum atomic E-state index is 6.26. The summed E-state index contributed by atoms with van der Waals surface area (Å²) in [6, 6.07) is 149. The zero-order valence-electron chi connectivity index (χ0n) is 61.9. The molecule has 0 fully saturated rings. The van der Waals surface area contributed by atoms with Crippen LogP contribution in [0.1, 0.15) is 0 Å². The number of fused-ring (bicyclic) bond motifs is 18. The molecule has 6 aromatic heterocycles. The Kier molecular flexibility index (Phi) is 14.9. The maximum Gasteiger partial charge on any atom is 0.136 e. The second-order valence-electron chi connectivity index (χ2n) is 29.8. The standard InChI is InChI=1S/2C54H34N2O/c1-2-13-35(14-3-1)36-15-10-17-40(31-36)55-48-23-7-4-19-43(48)46-33-37(27-29-50(46)55)38-28-30-51-47(34-38)44-20-5-8-24-49(44)56(51)41-18-11-16-39(32-41)42-22-12-26-53-54(42)45-21-6-9-25-52(45)57-53;1-2-12-35(13-3-1)37-14-10-15-41(32-37)56-49-21-8-5-17-44(49)47-34-39(27-31-51(47)56)38-26-30-50-46(33-38)43-16-4-7-20-48(43)55(50)40-28-24-36(25-29-40)42-19-11-23-53-54(42)45-18-6-9-22-52(45)57-53/h2*1-34H. The molecule has 532 valence electrons. The van der Waals surface area contributed by atoms with Crippen molar-refractivity contribution in [1.29, 1.82) is 0 Å². The van der Waals surface area contributed by atoms with Crippen LogP contribution in [0, 0.1) is 0 Å². The number of benzene rings is 18. The van der Waals surface area contributed by atoms with E-state index in [1.165, 1.54) is 148 Å². The highest BCUT2D eigenvalue weighted by Gasteiger charge is 2.22. The van der Waals surface area contributed by atoms with Crippen molar-refractivity contribution in [3.8, 4) is 89.5 Å². The number of nitrogens with zero attached hydrogens (tertiary/aromatic N) is 4. The quantitative estimate of drug-likeness (QED) is 0.137. The van der Waals surface area contributed by atoms with Gasteiger partial charge in [-0.3, -0.25) is 0 Å². The fourth-order valence-corrected chi connectivity index (χ4v) is 18.3. The van der Waals surface area contributed by atoms with Crippen LogP contribution in [0.3, 0.4) is 0 Å². The number of hydrogen-bond donors (Lipinski definition) is 0. The minimum absolute atomic E-state index is 0.906. The largest absolute Gasteiger partial charge is 0.456 e. The van der Waals surface area contributed by atoms with E-state index in [1.54, 1.807) is 0 Å². The molecule has 0 aliphatic rings. The van der Waals surface area contributed by atoms with Gasteiger partial charge in [-0.05, 0) is 212 Å². The van der Waals surface area contributed by atoms with Crippen molar-refractivity contribution in [1.82, 2.24) is 18.3 Å². The summed E-state index contributed by atoms with van der Waals surface area (Å²) in [7, 11) is 0. The lowest BCUT2D eigenvalue weighted by Gasteiger charge is -2.12. The average Bonchev–Trinajstić information content (AvgIpc) is 1.59. The van der Waals surface area contributed by atoms with Gasteiger partial charge in [0.2, 0.25) is 0 Å². The molecule has 0 radical (unpaired) electrons. The molecule has 24 aromatic rings. The van der Waals surface area contributed by atoms with Gasteiger partial charge in [0.15, 0.2) is 0 Å². The Morgan fingerprint density at radius 2 is 0.404 bits per heavy atom. The van der Waals surface area contributed by atoms with Gasteiger partial charge in [0.1, 0.15) is 22.3 Å². The average molecular weight is 1450 g/mol. The van der Waals surface area contributed by atoms with Crippen LogP contribution in [0.4, 0.5) is 0 Å². The number of hydrogen-bond acceptors (Lipinski definition) is 2. The van der Waals surface area contributed by atoms with Gasteiger partial charge < -0.3 is 27.1 Å². The van der Waals surface area contributed by atoms with E-state index in [4.69, 9.17) is 8.83 Å². The van der Waals surface area contributed by atoms with E-state index in [-0.39, 0.29) is 0 Å². The SMILES string of the molecule is c1ccc(-c2cccc(-n3c4ccccc4c4cc(-c5ccc6c(c5)c5ccccc5n6-c5ccc(-c6cccc7oc8ccccc8c67)cc5)ccc43)c2)cc1.c1ccc(-c2cccc(-n3c4ccccc4c4cc(-c5ccc6c(c5)c5ccccc5n6-c5cccc(-c6cccc7oc8ccccc8c67)c5)ccc43)c2)cc1. The first-order valence-electron chi connectivity index (χ1n) is 39.0. The Morgan fingerprint density at radius 1 is 0.140 bits per heavy atom. The van der Waals surface area contributed by atoms with Crippen molar-refractivity contribution < 1.29 is 8.83 Å². The molecule has 0 saturated heterocycles. The van der Waals surface area contributed by atoms with E-state index in [9.17, 15) is 0 Å². The summed E-state index contributed by atoms with van der Waals surface area (Å²) in [6.45, 7) is 0. The van der Waals surface area contributed by atoms with E-state index in [1.807, 2.05) is 24.3 Å². The van der Waals surface area contributed by atoms with Crippen LogP contribution in [-0.4, -0.2) is 18.3 Å². The summed E-state index contributed by atoms with van der Waals surface area (Å²) in [5, 5.41) is 14.5. The molecule has 6 heterocycles. The molecule has 18 aromatic carbocycles. The monoisotopic (exact) mass is 1450 g/mol. The molecule has 0 bridgehead atoms. The van der Waals surface area contributed by atoms with Gasteiger partial charge in [-0.25, -0.2) is 0 Å². The molecular formula is C108H68N4O2. The minimum atomic E-state index is 0.906. The van der Waals surface area contributed by atoms with Crippen molar-refractivity contribution in [2.75, 3.05) is 0 Å². The Morgan fingerprint density at radius 3 is 0.789 bits per heavy atom. The van der Waals surface area contributed by atoms with Crippen molar-refractivity contribution in [2.45, 2.75) is 0 Å². The third kappa shape index (κ3) is 10.5. The third-order valence-corrected chi connectivity index (χ3v) is 23.4. The van der Waals surface area contributed by atoms with Crippen molar-refractivity contribution >= 4 is 131 Å². The van der Waals surface area contributed by atoms with Gasteiger partial charge in [0.25, 0.3) is 0 Å². The number of aromatic nitrogens is 4. The maximum absolute atomic E-state index is 6.26. The third-order valence-electron chi connectivity index (χ3n) is 23.4. The molecule has 6 nitrogen and oxygen atoms in total. The van der Waals surface area contributed by atoms with Crippen LogP contribution in [0.25, 0.3) is 221 Å². The lowest BCUT2D eigenvalue weighted by atomic mass is 9.99. The van der Waals surface area contributed by atoms with Crippen molar-refractivity contribution in [3.05, 3.63) is 413 Å². The highest BCUT2D eigenvalue weighted by molar-refractivity contribution is 6.17. The summed E-state index contributed by atoms with van der Waals surface area (Å²) < 4.78 is 22.1. The summed E-state index contributed by atoms with van der Waals surface area (Å²) in [4.78, 5) is 0. The Bertz CT molecular complexity index is 7980. The fraction of sp³-hybridized carbons (Fsp3) is 0. The Labute approximate surface area is 656 Å². The molecule has 114 heavy (non-hydrogen) atoms. The second kappa shape index (κ2) is 26.2. The van der Waals surface area contributed by atoms with E-state index in [0.29, 0.717) is 0 Å². The fourth-order valence-electron chi connectivity index (χ4n) is 18.3. The van der Waals surface area contributed by atoms with E-state index >= 15 is 0 Å². The van der Waals surface area contributed by atoms with Gasteiger partial charge in [-0.1, -0.05) is 267 Å². The van der Waals surface area contributed by atoms with Crippen LogP contribution < -0.4 is 0 Å². The predicted molar refractivity (Wildman–Crippen MR) is 477 cm³/mol. The van der Waals surface area contributed by atoms with Crippen LogP contribution in [0.5, 0.6) is 0 Å². The molecule has 0 N–H and O–H groups in total. The molecule has 0 aliphatic heterocycles. The molecule has 0 spiro atoms. The summed E-state index contributed by atoms with van der Waals surface area (Å²) in [6.07, 6.45) is 0. The lowest BCUT2D eigenvalue weighted by Crippen LogP contribution is -1.94. The van der Waals surface area contributed by atoms with Gasteiger partial charge in [0, 0.05) is 87.4 Å². The molecule has 0 aliphatic carbocycles. The first kappa shape index (κ1) is 64.7. The van der Waals surface area contributed by atoms with E-state index in [2.05, 4.69) is 407 Å². The van der Waals surface area contributed by atoms with Crippen LogP contribution in [0.15, 0.2) is 421 Å². The van der Waals surface area contributed by atoms with Crippen molar-refractivity contribution in [2.24, 2.45) is 0 Å². The zero-order chi connectivity index (χ0) is 74.9. The van der Waals surface area contributed by atoms with Crippen LogP contribution >= 0.6 is 0 Å². The molecule has 6 heteroatoms. The minimum Gasteiger partial charge on any atom is -0.456 e. The highest BCUT2D eigenvalue weighted by Crippen LogP contribution is 2.45. The smallest absolute Gasteiger partial charge is 0.136 e. The number of para-hydroxylation sites is 6. The first-order valence-corrected chi connectivity index (χ1v) is 39.0. The van der Waals surface area contributed by atoms with Gasteiger partial charge in [0.05, 0.1) is 44.1 Å². The molecule has 0 amide bonds. The number of furan rings is 2. The molecular weight excluding hydrogens is 1390 g/mol. The Balaban J connectivity index is 0.000000135. The first-order chi connectivity index (χ1) is 56.5. The van der Waals surface area contributed by atoms with E-state index < -0.39 is 0 Å². The van der Waals surface area contributed by atoms with Gasteiger partial charge in [-0.15, -0.1) is 0 Å².